The Balaban J connectivity index is 2.42. The summed E-state index contributed by atoms with van der Waals surface area (Å²) in [6.45, 7) is 5.58. The van der Waals surface area contributed by atoms with E-state index < -0.39 is 0 Å². The molecule has 0 aliphatic heterocycles. The SMILES string of the molecule is CN(C)c1ccc(NC(=O)COC(=O)CC(C)(C)C)cc1. The Morgan fingerprint density at radius 1 is 1.14 bits per heavy atom. The molecular weight excluding hydrogens is 268 g/mol. The number of carbonyl (C=O) groups is 2. The van der Waals surface area contributed by atoms with Gasteiger partial charge in [-0.25, -0.2) is 0 Å². The van der Waals surface area contributed by atoms with E-state index in [0.29, 0.717) is 5.69 Å². The van der Waals surface area contributed by atoms with Crippen LogP contribution in [0.4, 0.5) is 11.4 Å². The molecule has 0 saturated carbocycles. The van der Waals surface area contributed by atoms with Gasteiger partial charge in [0.2, 0.25) is 0 Å². The molecule has 5 heteroatoms. The summed E-state index contributed by atoms with van der Waals surface area (Å²) < 4.78 is 4.95. The van der Waals surface area contributed by atoms with E-state index in [1.54, 1.807) is 0 Å². The highest BCUT2D eigenvalue weighted by molar-refractivity contribution is 5.92. The first kappa shape index (κ1) is 17.0. The Kier molecular flexibility index (Phi) is 5.76. The Labute approximate surface area is 126 Å². The van der Waals surface area contributed by atoms with Crippen molar-refractivity contribution in [1.29, 1.82) is 0 Å². The summed E-state index contributed by atoms with van der Waals surface area (Å²) in [4.78, 5) is 25.2. The number of amides is 1. The number of ether oxygens (including phenoxy) is 1. The normalized spacial score (nSPS) is 10.9. The molecule has 0 atom stereocenters. The second kappa shape index (κ2) is 7.11. The van der Waals surface area contributed by atoms with Crippen LogP contribution in [-0.2, 0) is 14.3 Å². The number of benzene rings is 1. The van der Waals surface area contributed by atoms with E-state index in [2.05, 4.69) is 5.32 Å². The molecule has 1 aromatic rings. The van der Waals surface area contributed by atoms with Gasteiger partial charge >= 0.3 is 5.97 Å². The molecule has 0 fully saturated rings. The topological polar surface area (TPSA) is 58.6 Å². The summed E-state index contributed by atoms with van der Waals surface area (Å²) >= 11 is 0. The summed E-state index contributed by atoms with van der Waals surface area (Å²) in [5.41, 5.74) is 1.58. The number of carbonyl (C=O) groups excluding carboxylic acids is 2. The van der Waals surface area contributed by atoms with E-state index in [4.69, 9.17) is 4.74 Å². The van der Waals surface area contributed by atoms with Crippen molar-refractivity contribution in [2.45, 2.75) is 27.2 Å². The number of rotatable bonds is 5. The van der Waals surface area contributed by atoms with Gasteiger partial charge in [0.05, 0.1) is 6.42 Å². The zero-order valence-electron chi connectivity index (χ0n) is 13.4. The first-order valence-corrected chi connectivity index (χ1v) is 6.90. The molecule has 116 valence electrons. The van der Waals surface area contributed by atoms with Gasteiger partial charge in [0.15, 0.2) is 6.61 Å². The number of nitrogens with one attached hydrogen (secondary N) is 1. The maximum absolute atomic E-state index is 11.7. The van der Waals surface area contributed by atoms with Gasteiger partial charge in [-0.1, -0.05) is 20.8 Å². The zero-order chi connectivity index (χ0) is 16.0. The van der Waals surface area contributed by atoms with Gasteiger partial charge in [0, 0.05) is 25.5 Å². The van der Waals surface area contributed by atoms with Crippen LogP contribution in [0.25, 0.3) is 0 Å². The van der Waals surface area contributed by atoms with Gasteiger partial charge in [-0.05, 0) is 29.7 Å². The van der Waals surface area contributed by atoms with E-state index in [9.17, 15) is 9.59 Å². The van der Waals surface area contributed by atoms with Crippen molar-refractivity contribution in [3.63, 3.8) is 0 Å². The van der Waals surface area contributed by atoms with Crippen LogP contribution >= 0.6 is 0 Å². The second-order valence-electron chi connectivity index (χ2n) is 6.39. The van der Waals surface area contributed by atoms with Crippen LogP contribution in [0, 0.1) is 5.41 Å². The number of anilines is 2. The molecule has 0 spiro atoms. The smallest absolute Gasteiger partial charge is 0.306 e. The van der Waals surface area contributed by atoms with Crippen LogP contribution in [0.15, 0.2) is 24.3 Å². The van der Waals surface area contributed by atoms with Crippen LogP contribution in [0.2, 0.25) is 0 Å². The molecule has 21 heavy (non-hydrogen) atoms. The van der Waals surface area contributed by atoms with E-state index in [0.717, 1.165) is 5.69 Å². The fourth-order valence-electron chi connectivity index (χ4n) is 1.67. The highest BCUT2D eigenvalue weighted by atomic mass is 16.5. The molecule has 1 rings (SSSR count). The average Bonchev–Trinajstić information content (AvgIpc) is 2.35. The molecule has 1 amide bonds. The van der Waals surface area contributed by atoms with E-state index in [1.807, 2.05) is 64.0 Å². The minimum Gasteiger partial charge on any atom is -0.456 e. The third-order valence-electron chi connectivity index (χ3n) is 2.71. The molecule has 0 radical (unpaired) electrons. The van der Waals surface area contributed by atoms with Gasteiger partial charge < -0.3 is 15.0 Å². The van der Waals surface area contributed by atoms with E-state index >= 15 is 0 Å². The van der Waals surface area contributed by atoms with Crippen LogP contribution in [-0.4, -0.2) is 32.6 Å². The molecule has 0 bridgehead atoms. The van der Waals surface area contributed by atoms with Gasteiger partial charge in [-0.3, -0.25) is 9.59 Å². The molecule has 5 nitrogen and oxygen atoms in total. The monoisotopic (exact) mass is 292 g/mol. The largest absolute Gasteiger partial charge is 0.456 e. The van der Waals surface area contributed by atoms with Crippen molar-refractivity contribution in [1.82, 2.24) is 0 Å². The predicted molar refractivity (Wildman–Crippen MR) is 84.4 cm³/mol. The molecule has 0 aromatic heterocycles. The molecule has 0 saturated heterocycles. The Morgan fingerprint density at radius 3 is 2.19 bits per heavy atom. The molecule has 0 aliphatic carbocycles. The summed E-state index contributed by atoms with van der Waals surface area (Å²) in [5, 5.41) is 2.69. The lowest BCUT2D eigenvalue weighted by Crippen LogP contribution is -2.23. The van der Waals surface area contributed by atoms with Crippen molar-refractivity contribution in [3.8, 4) is 0 Å². The number of nitrogens with zero attached hydrogens (tertiary/aromatic N) is 1. The lowest BCUT2D eigenvalue weighted by molar-refractivity contribution is -0.149. The van der Waals surface area contributed by atoms with Crippen molar-refractivity contribution in [2.75, 3.05) is 30.9 Å². The fraction of sp³-hybridized carbons (Fsp3) is 0.500. The number of hydrogen-bond donors (Lipinski definition) is 1. The molecular formula is C16H24N2O3. The highest BCUT2D eigenvalue weighted by Gasteiger charge is 2.17. The van der Waals surface area contributed by atoms with Crippen LogP contribution in [0.5, 0.6) is 0 Å². The molecule has 0 heterocycles. The molecule has 1 N–H and O–H groups in total. The van der Waals surface area contributed by atoms with Gasteiger partial charge in [0.1, 0.15) is 0 Å². The third-order valence-corrected chi connectivity index (χ3v) is 2.71. The Morgan fingerprint density at radius 2 is 1.71 bits per heavy atom. The summed E-state index contributed by atoms with van der Waals surface area (Å²) in [6, 6.07) is 7.43. The average molecular weight is 292 g/mol. The lowest BCUT2D eigenvalue weighted by atomic mass is 9.92. The zero-order valence-corrected chi connectivity index (χ0v) is 13.4. The van der Waals surface area contributed by atoms with Crippen molar-refractivity contribution >= 4 is 23.3 Å². The van der Waals surface area contributed by atoms with Crippen LogP contribution in [0.3, 0.4) is 0 Å². The predicted octanol–water partition coefficient (Wildman–Crippen LogP) is 2.67. The Bertz CT molecular complexity index is 487. The van der Waals surface area contributed by atoms with E-state index in [-0.39, 0.29) is 30.3 Å². The van der Waals surface area contributed by atoms with Crippen molar-refractivity contribution in [3.05, 3.63) is 24.3 Å². The third kappa shape index (κ3) is 6.79. The lowest BCUT2D eigenvalue weighted by Gasteiger charge is -2.16. The van der Waals surface area contributed by atoms with E-state index in [1.165, 1.54) is 0 Å². The van der Waals surface area contributed by atoms with Crippen molar-refractivity contribution in [2.24, 2.45) is 5.41 Å². The van der Waals surface area contributed by atoms with Gasteiger partial charge in [-0.15, -0.1) is 0 Å². The first-order valence-electron chi connectivity index (χ1n) is 6.90. The minimum atomic E-state index is -0.361. The highest BCUT2D eigenvalue weighted by Crippen LogP contribution is 2.19. The van der Waals surface area contributed by atoms with Crippen LogP contribution < -0.4 is 10.2 Å². The summed E-state index contributed by atoms with van der Waals surface area (Å²) in [7, 11) is 3.89. The maximum atomic E-state index is 11.7. The summed E-state index contributed by atoms with van der Waals surface area (Å²) in [6.07, 6.45) is 0.289. The van der Waals surface area contributed by atoms with Crippen molar-refractivity contribution < 1.29 is 14.3 Å². The van der Waals surface area contributed by atoms with Gasteiger partial charge in [-0.2, -0.15) is 0 Å². The van der Waals surface area contributed by atoms with Crippen LogP contribution in [0.1, 0.15) is 27.2 Å². The second-order valence-corrected chi connectivity index (χ2v) is 6.39. The minimum absolute atomic E-state index is 0.143. The number of esters is 1. The fourth-order valence-corrected chi connectivity index (χ4v) is 1.67. The first-order chi connectivity index (χ1) is 9.67. The molecule has 0 unspecified atom stereocenters. The van der Waals surface area contributed by atoms with Gasteiger partial charge in [0.25, 0.3) is 5.91 Å². The standard InChI is InChI=1S/C16H24N2O3/c1-16(2,3)10-15(20)21-11-14(19)17-12-6-8-13(9-7-12)18(4)5/h6-9H,10-11H2,1-5H3,(H,17,19). The summed E-state index contributed by atoms with van der Waals surface area (Å²) in [5.74, 6) is -0.699. The molecule has 0 aliphatic rings. The maximum Gasteiger partial charge on any atom is 0.306 e. The quantitative estimate of drug-likeness (QED) is 0.848. The number of hydrogen-bond acceptors (Lipinski definition) is 4. The molecule has 1 aromatic carbocycles. The Hall–Kier alpha value is -2.04.